The maximum absolute atomic E-state index is 14.4. The van der Waals surface area contributed by atoms with Crippen molar-refractivity contribution in [3.05, 3.63) is 48.1 Å². The van der Waals surface area contributed by atoms with Crippen LogP contribution in [0.2, 0.25) is 0 Å². The number of ether oxygens (including phenoxy) is 3. The standard InChI is InChI=1S/C20H24F2N6O3/c1-27(2)5-6-28-11-13(8-25-28)26-20-23-9-14(10-24-20)31-12-15-18(21)16(29-3)7-17(30-4)19(15)22/h7-11H,5-6,12H2,1-4H3,(H,23,24,26). The molecule has 0 amide bonds. The molecule has 0 unspecified atom stereocenters. The van der Waals surface area contributed by atoms with Gasteiger partial charge in [0.1, 0.15) is 6.61 Å². The Kier molecular flexibility index (Phi) is 7.19. The normalized spacial score (nSPS) is 10.9. The fraction of sp³-hybridized carbons (Fsp3) is 0.350. The first-order chi connectivity index (χ1) is 14.9. The van der Waals surface area contributed by atoms with Crippen LogP contribution in [0.15, 0.2) is 30.9 Å². The van der Waals surface area contributed by atoms with Crippen LogP contribution in [0, 0.1) is 11.6 Å². The van der Waals surface area contributed by atoms with Crippen LogP contribution in [-0.2, 0) is 13.2 Å². The summed E-state index contributed by atoms with van der Waals surface area (Å²) in [7, 11) is 6.55. The third-order valence-electron chi connectivity index (χ3n) is 4.34. The third-order valence-corrected chi connectivity index (χ3v) is 4.34. The van der Waals surface area contributed by atoms with Gasteiger partial charge in [-0.25, -0.2) is 18.7 Å². The van der Waals surface area contributed by atoms with Crippen molar-refractivity contribution in [3.63, 3.8) is 0 Å². The molecule has 11 heteroatoms. The Bertz CT molecular complexity index is 983. The predicted octanol–water partition coefficient (Wildman–Crippen LogP) is 2.85. The molecule has 0 fully saturated rings. The van der Waals surface area contributed by atoms with Gasteiger partial charge >= 0.3 is 0 Å². The van der Waals surface area contributed by atoms with E-state index in [0.717, 1.165) is 24.8 Å². The molecule has 0 atom stereocenters. The van der Waals surface area contributed by atoms with Gasteiger partial charge in [0.2, 0.25) is 5.95 Å². The van der Waals surface area contributed by atoms with Gasteiger partial charge in [-0.1, -0.05) is 0 Å². The van der Waals surface area contributed by atoms with E-state index in [9.17, 15) is 8.78 Å². The molecule has 31 heavy (non-hydrogen) atoms. The van der Waals surface area contributed by atoms with Crippen molar-refractivity contribution >= 4 is 11.6 Å². The highest BCUT2D eigenvalue weighted by Gasteiger charge is 2.20. The number of anilines is 2. The summed E-state index contributed by atoms with van der Waals surface area (Å²) in [5.41, 5.74) is 0.420. The number of nitrogens with zero attached hydrogens (tertiary/aromatic N) is 5. The summed E-state index contributed by atoms with van der Waals surface area (Å²) < 4.78 is 45.9. The largest absolute Gasteiger partial charge is 0.494 e. The molecule has 0 aliphatic carbocycles. The first-order valence-corrected chi connectivity index (χ1v) is 9.39. The van der Waals surface area contributed by atoms with Crippen LogP contribution in [0.4, 0.5) is 20.4 Å². The summed E-state index contributed by atoms with van der Waals surface area (Å²) in [5.74, 6) is -1.41. The molecular formula is C20H24F2N6O3. The Morgan fingerprint density at radius 1 is 1.03 bits per heavy atom. The van der Waals surface area contributed by atoms with E-state index in [1.165, 1.54) is 26.6 Å². The van der Waals surface area contributed by atoms with Gasteiger partial charge < -0.3 is 24.4 Å². The molecule has 0 aliphatic heterocycles. The molecule has 0 spiro atoms. The van der Waals surface area contributed by atoms with Crippen molar-refractivity contribution in [1.29, 1.82) is 0 Å². The monoisotopic (exact) mass is 434 g/mol. The average molecular weight is 434 g/mol. The fourth-order valence-electron chi connectivity index (χ4n) is 2.66. The quantitative estimate of drug-likeness (QED) is 0.521. The zero-order valence-electron chi connectivity index (χ0n) is 17.7. The number of halogens is 2. The van der Waals surface area contributed by atoms with Gasteiger partial charge in [0, 0.05) is 18.8 Å². The number of hydrogen-bond acceptors (Lipinski definition) is 8. The summed E-state index contributed by atoms with van der Waals surface area (Å²) in [6, 6.07) is 1.14. The van der Waals surface area contributed by atoms with Crippen molar-refractivity contribution in [2.24, 2.45) is 0 Å². The van der Waals surface area contributed by atoms with Crippen molar-refractivity contribution in [2.75, 3.05) is 40.2 Å². The first-order valence-electron chi connectivity index (χ1n) is 9.39. The van der Waals surface area contributed by atoms with Crippen LogP contribution < -0.4 is 19.5 Å². The number of rotatable bonds is 10. The van der Waals surface area contributed by atoms with E-state index in [0.29, 0.717) is 5.95 Å². The zero-order valence-corrected chi connectivity index (χ0v) is 17.7. The summed E-state index contributed by atoms with van der Waals surface area (Å²) in [6.45, 7) is 1.23. The van der Waals surface area contributed by atoms with Crippen LogP contribution in [-0.4, -0.2) is 59.5 Å². The van der Waals surface area contributed by atoms with Gasteiger partial charge in [0.05, 0.1) is 50.6 Å². The zero-order chi connectivity index (χ0) is 22.4. The Morgan fingerprint density at radius 2 is 1.68 bits per heavy atom. The lowest BCUT2D eigenvalue weighted by molar-refractivity contribution is 0.280. The molecule has 9 nitrogen and oxygen atoms in total. The van der Waals surface area contributed by atoms with Crippen molar-refractivity contribution in [2.45, 2.75) is 13.2 Å². The van der Waals surface area contributed by atoms with Crippen LogP contribution >= 0.6 is 0 Å². The molecule has 3 rings (SSSR count). The molecule has 3 aromatic rings. The highest BCUT2D eigenvalue weighted by atomic mass is 19.1. The second-order valence-corrected chi connectivity index (χ2v) is 6.84. The minimum Gasteiger partial charge on any atom is -0.494 e. The summed E-state index contributed by atoms with van der Waals surface area (Å²) in [4.78, 5) is 10.4. The predicted molar refractivity (Wildman–Crippen MR) is 110 cm³/mol. The van der Waals surface area contributed by atoms with Gasteiger partial charge in [-0.3, -0.25) is 4.68 Å². The van der Waals surface area contributed by atoms with Gasteiger partial charge in [-0.15, -0.1) is 0 Å². The van der Waals surface area contributed by atoms with Crippen LogP contribution in [0.5, 0.6) is 17.2 Å². The molecule has 2 heterocycles. The smallest absolute Gasteiger partial charge is 0.227 e. The van der Waals surface area contributed by atoms with Gasteiger partial charge in [0.25, 0.3) is 0 Å². The highest BCUT2D eigenvalue weighted by Crippen LogP contribution is 2.32. The van der Waals surface area contributed by atoms with E-state index in [2.05, 4.69) is 25.3 Å². The molecule has 0 saturated carbocycles. The first kappa shape index (κ1) is 22.2. The maximum atomic E-state index is 14.4. The van der Waals surface area contributed by atoms with E-state index >= 15 is 0 Å². The maximum Gasteiger partial charge on any atom is 0.227 e. The summed E-state index contributed by atoms with van der Waals surface area (Å²) in [5, 5.41) is 7.30. The van der Waals surface area contributed by atoms with E-state index in [1.807, 2.05) is 25.0 Å². The SMILES string of the molecule is COc1cc(OC)c(F)c(COc2cnc(Nc3cnn(CCN(C)C)c3)nc2)c1F. The van der Waals surface area contributed by atoms with E-state index in [-0.39, 0.29) is 29.4 Å². The number of hydrogen-bond donors (Lipinski definition) is 1. The highest BCUT2D eigenvalue weighted by molar-refractivity contribution is 5.50. The van der Waals surface area contributed by atoms with E-state index in [1.54, 1.807) is 6.20 Å². The minimum atomic E-state index is -0.855. The van der Waals surface area contributed by atoms with Gasteiger partial charge in [-0.2, -0.15) is 5.10 Å². The second kappa shape index (κ2) is 10.0. The molecule has 1 N–H and O–H groups in total. The molecule has 2 aromatic heterocycles. The fourth-order valence-corrected chi connectivity index (χ4v) is 2.66. The van der Waals surface area contributed by atoms with E-state index < -0.39 is 11.6 Å². The molecule has 0 aliphatic rings. The van der Waals surface area contributed by atoms with Crippen LogP contribution in [0.25, 0.3) is 0 Å². The Labute approximate surface area is 178 Å². The molecule has 1 aromatic carbocycles. The van der Waals surface area contributed by atoms with Gasteiger partial charge in [-0.05, 0) is 14.1 Å². The summed E-state index contributed by atoms with van der Waals surface area (Å²) in [6.07, 6.45) is 6.32. The van der Waals surface area contributed by atoms with Crippen LogP contribution in [0.1, 0.15) is 5.56 Å². The minimum absolute atomic E-state index is 0.140. The van der Waals surface area contributed by atoms with Crippen molar-refractivity contribution in [3.8, 4) is 17.2 Å². The van der Waals surface area contributed by atoms with Crippen molar-refractivity contribution < 1.29 is 23.0 Å². The molecule has 0 bridgehead atoms. The van der Waals surface area contributed by atoms with Gasteiger partial charge in [0.15, 0.2) is 28.9 Å². The number of likely N-dealkylation sites (N-methyl/N-ethyl adjacent to an activating group) is 1. The lowest BCUT2D eigenvalue weighted by Gasteiger charge is -2.13. The number of nitrogens with one attached hydrogen (secondary N) is 1. The topological polar surface area (TPSA) is 86.6 Å². The summed E-state index contributed by atoms with van der Waals surface area (Å²) >= 11 is 0. The Morgan fingerprint density at radius 3 is 2.26 bits per heavy atom. The third kappa shape index (κ3) is 5.57. The number of benzene rings is 1. The molecular weight excluding hydrogens is 410 g/mol. The Hall–Kier alpha value is -3.47. The van der Waals surface area contributed by atoms with Crippen molar-refractivity contribution in [1.82, 2.24) is 24.6 Å². The number of aromatic nitrogens is 4. The lowest BCUT2D eigenvalue weighted by Crippen LogP contribution is -2.18. The van der Waals surface area contributed by atoms with E-state index in [4.69, 9.17) is 14.2 Å². The molecule has 0 saturated heterocycles. The average Bonchev–Trinajstić information content (AvgIpc) is 3.21. The molecule has 166 valence electrons. The van der Waals surface area contributed by atoms with Crippen LogP contribution in [0.3, 0.4) is 0 Å². The molecule has 0 radical (unpaired) electrons. The Balaban J connectivity index is 1.63. The number of methoxy groups -OCH3 is 2. The lowest BCUT2D eigenvalue weighted by atomic mass is 10.1. The second-order valence-electron chi connectivity index (χ2n) is 6.84.